The Kier molecular flexibility index (Phi) is 4.23. The quantitative estimate of drug-likeness (QED) is 0.749. The molecule has 0 amide bonds. The number of anilines is 1. The highest BCUT2D eigenvalue weighted by Crippen LogP contribution is 2.11. The molecule has 15 heavy (non-hydrogen) atoms. The first-order valence-electron chi connectivity index (χ1n) is 4.72. The van der Waals surface area contributed by atoms with Crippen molar-refractivity contribution >= 4 is 5.82 Å². The van der Waals surface area contributed by atoms with Crippen molar-refractivity contribution in [2.45, 2.75) is 19.4 Å². The van der Waals surface area contributed by atoms with Crippen molar-refractivity contribution in [2.24, 2.45) is 0 Å². The molecule has 1 aromatic rings. The smallest absolute Gasteiger partial charge is 0.318 e. The molecule has 0 bridgehead atoms. The zero-order valence-electron chi connectivity index (χ0n) is 8.83. The molecule has 0 radical (unpaired) electrons. The third-order valence-electron chi connectivity index (χ3n) is 1.86. The summed E-state index contributed by atoms with van der Waals surface area (Å²) in [4.78, 5) is 7.35. The van der Waals surface area contributed by atoms with Crippen molar-refractivity contribution in [3.05, 3.63) is 12.0 Å². The van der Waals surface area contributed by atoms with Crippen molar-refractivity contribution in [2.75, 3.05) is 19.3 Å². The Morgan fingerprint density at radius 1 is 1.67 bits per heavy atom. The van der Waals surface area contributed by atoms with E-state index in [0.29, 0.717) is 0 Å². The molecule has 0 aliphatic carbocycles. The van der Waals surface area contributed by atoms with E-state index in [1.165, 1.54) is 0 Å². The Morgan fingerprint density at radius 2 is 2.40 bits per heavy atom. The molecule has 0 aliphatic rings. The second-order valence-electron chi connectivity index (χ2n) is 3.21. The number of nitrogens with zero attached hydrogens (tertiary/aromatic N) is 2. The van der Waals surface area contributed by atoms with Crippen molar-refractivity contribution in [1.29, 1.82) is 0 Å². The van der Waals surface area contributed by atoms with Crippen molar-refractivity contribution in [3.63, 3.8) is 0 Å². The molecule has 3 N–H and O–H groups in total. The molecule has 1 rings (SSSR count). The van der Waals surface area contributed by atoms with Gasteiger partial charge in [0.25, 0.3) is 0 Å². The summed E-state index contributed by atoms with van der Waals surface area (Å²) in [5.41, 5.74) is 5.28. The van der Waals surface area contributed by atoms with Gasteiger partial charge in [-0.05, 0) is 26.9 Å². The van der Waals surface area contributed by atoms with Crippen LogP contribution in [-0.2, 0) is 0 Å². The highest BCUT2D eigenvalue weighted by molar-refractivity contribution is 5.29. The second kappa shape index (κ2) is 5.45. The molecule has 5 nitrogen and oxygen atoms in total. The van der Waals surface area contributed by atoms with Gasteiger partial charge < -0.3 is 15.8 Å². The van der Waals surface area contributed by atoms with Crippen LogP contribution in [0.1, 0.15) is 13.3 Å². The standard InChI is InChI=1S/C9H15FN4O/c1-6(3-4-12-2)15-9-13-5-7(10)8(11)14-9/h5-6,12H,3-4H2,1-2H3,(H2,11,13,14). The van der Waals surface area contributed by atoms with Gasteiger partial charge in [-0.25, -0.2) is 9.37 Å². The maximum absolute atomic E-state index is 12.7. The van der Waals surface area contributed by atoms with Gasteiger partial charge in [0.1, 0.15) is 6.10 Å². The van der Waals surface area contributed by atoms with Crippen LogP contribution >= 0.6 is 0 Å². The summed E-state index contributed by atoms with van der Waals surface area (Å²) >= 11 is 0. The molecule has 84 valence electrons. The van der Waals surface area contributed by atoms with E-state index in [4.69, 9.17) is 10.5 Å². The van der Waals surface area contributed by atoms with Crippen molar-refractivity contribution in [3.8, 4) is 6.01 Å². The van der Waals surface area contributed by atoms with Crippen LogP contribution in [0.4, 0.5) is 10.2 Å². The SMILES string of the molecule is CNCCC(C)Oc1ncc(F)c(N)n1. The predicted octanol–water partition coefficient (Wildman–Crippen LogP) is 0.575. The van der Waals surface area contributed by atoms with Crippen molar-refractivity contribution < 1.29 is 9.13 Å². The Hall–Kier alpha value is -1.43. The van der Waals surface area contributed by atoms with Gasteiger partial charge in [0.05, 0.1) is 6.20 Å². The molecule has 1 aromatic heterocycles. The monoisotopic (exact) mass is 214 g/mol. The number of aromatic nitrogens is 2. The normalized spacial score (nSPS) is 12.5. The van der Waals surface area contributed by atoms with E-state index in [-0.39, 0.29) is 17.9 Å². The molecule has 1 atom stereocenters. The van der Waals surface area contributed by atoms with Crippen LogP contribution in [0, 0.1) is 5.82 Å². The number of rotatable bonds is 5. The maximum Gasteiger partial charge on any atom is 0.318 e. The van der Waals surface area contributed by atoms with Crippen LogP contribution in [-0.4, -0.2) is 29.7 Å². The van der Waals surface area contributed by atoms with Crippen LogP contribution in [0.5, 0.6) is 6.01 Å². The Labute approximate surface area is 87.9 Å². The van der Waals surface area contributed by atoms with Gasteiger partial charge in [-0.3, -0.25) is 0 Å². The minimum atomic E-state index is -0.634. The lowest BCUT2D eigenvalue weighted by Gasteiger charge is -2.12. The van der Waals surface area contributed by atoms with E-state index in [1.54, 1.807) is 0 Å². The largest absolute Gasteiger partial charge is 0.460 e. The minimum Gasteiger partial charge on any atom is -0.460 e. The highest BCUT2D eigenvalue weighted by atomic mass is 19.1. The Bertz CT molecular complexity index is 321. The van der Waals surface area contributed by atoms with E-state index < -0.39 is 5.82 Å². The number of nitrogens with two attached hydrogens (primary N) is 1. The highest BCUT2D eigenvalue weighted by Gasteiger charge is 2.08. The van der Waals surface area contributed by atoms with Gasteiger partial charge in [-0.15, -0.1) is 0 Å². The molecule has 0 saturated heterocycles. The molecule has 0 aliphatic heterocycles. The first-order chi connectivity index (χ1) is 7.13. The average molecular weight is 214 g/mol. The number of halogens is 1. The van der Waals surface area contributed by atoms with Crippen molar-refractivity contribution in [1.82, 2.24) is 15.3 Å². The lowest BCUT2D eigenvalue weighted by molar-refractivity contribution is 0.193. The average Bonchev–Trinajstić information content (AvgIpc) is 2.20. The van der Waals surface area contributed by atoms with Gasteiger partial charge in [-0.1, -0.05) is 0 Å². The van der Waals surface area contributed by atoms with Crippen LogP contribution in [0.15, 0.2) is 6.20 Å². The second-order valence-corrected chi connectivity index (χ2v) is 3.21. The maximum atomic E-state index is 12.7. The zero-order chi connectivity index (χ0) is 11.3. The van der Waals surface area contributed by atoms with Crippen LogP contribution in [0.2, 0.25) is 0 Å². The number of ether oxygens (including phenoxy) is 1. The number of nitrogens with one attached hydrogen (secondary N) is 1. The van der Waals surface area contributed by atoms with E-state index in [0.717, 1.165) is 19.2 Å². The lowest BCUT2D eigenvalue weighted by Crippen LogP contribution is -2.20. The van der Waals surface area contributed by atoms with E-state index >= 15 is 0 Å². The Morgan fingerprint density at radius 3 is 3.00 bits per heavy atom. The summed E-state index contributed by atoms with van der Waals surface area (Å²) in [6, 6.07) is 0.109. The van der Waals surface area contributed by atoms with Gasteiger partial charge in [0, 0.05) is 0 Å². The number of hydrogen-bond acceptors (Lipinski definition) is 5. The van der Waals surface area contributed by atoms with Gasteiger partial charge in [0.15, 0.2) is 11.6 Å². The fraction of sp³-hybridized carbons (Fsp3) is 0.556. The molecule has 0 fully saturated rings. The van der Waals surface area contributed by atoms with Crippen LogP contribution in [0.25, 0.3) is 0 Å². The summed E-state index contributed by atoms with van der Waals surface area (Å²) in [6.45, 7) is 2.72. The van der Waals surface area contributed by atoms with E-state index in [9.17, 15) is 4.39 Å². The van der Waals surface area contributed by atoms with Crippen LogP contribution in [0.3, 0.4) is 0 Å². The molecule has 1 heterocycles. The number of nitrogen functional groups attached to an aromatic ring is 1. The molecule has 0 spiro atoms. The zero-order valence-corrected chi connectivity index (χ0v) is 8.83. The lowest BCUT2D eigenvalue weighted by atomic mass is 10.3. The first kappa shape index (κ1) is 11.6. The summed E-state index contributed by atoms with van der Waals surface area (Å²) in [5, 5.41) is 3.00. The Balaban J connectivity index is 2.53. The fourth-order valence-electron chi connectivity index (χ4n) is 1.01. The van der Waals surface area contributed by atoms with Gasteiger partial charge in [0.2, 0.25) is 0 Å². The molecule has 1 unspecified atom stereocenters. The van der Waals surface area contributed by atoms with E-state index in [1.807, 2.05) is 14.0 Å². The fourth-order valence-corrected chi connectivity index (χ4v) is 1.01. The van der Waals surface area contributed by atoms with E-state index in [2.05, 4.69) is 15.3 Å². The first-order valence-corrected chi connectivity index (χ1v) is 4.72. The predicted molar refractivity (Wildman–Crippen MR) is 55.0 cm³/mol. The third-order valence-corrected chi connectivity index (χ3v) is 1.86. The molecule has 6 heteroatoms. The summed E-state index contributed by atoms with van der Waals surface area (Å²) < 4.78 is 18.1. The summed E-state index contributed by atoms with van der Waals surface area (Å²) in [5.74, 6) is -0.828. The topological polar surface area (TPSA) is 73.1 Å². The minimum absolute atomic E-state index is 0.0395. The summed E-state index contributed by atoms with van der Waals surface area (Å²) in [7, 11) is 1.86. The van der Waals surface area contributed by atoms with Gasteiger partial charge in [-0.2, -0.15) is 4.98 Å². The van der Waals surface area contributed by atoms with Gasteiger partial charge >= 0.3 is 6.01 Å². The number of hydrogen-bond donors (Lipinski definition) is 2. The molecular weight excluding hydrogens is 199 g/mol. The van der Waals surface area contributed by atoms with Crippen LogP contribution < -0.4 is 15.8 Å². The molecule has 0 saturated carbocycles. The third kappa shape index (κ3) is 3.67. The summed E-state index contributed by atoms with van der Waals surface area (Å²) in [6.07, 6.45) is 1.78. The molecular formula is C9H15FN4O. The molecule has 0 aromatic carbocycles.